The number of benzene rings is 2. The number of rotatable bonds is 7. The van der Waals surface area contributed by atoms with Gasteiger partial charge >= 0.3 is 0 Å². The van der Waals surface area contributed by atoms with Gasteiger partial charge in [0.25, 0.3) is 0 Å². The van der Waals surface area contributed by atoms with Crippen LogP contribution in [0.25, 0.3) is 0 Å². The average Bonchev–Trinajstić information content (AvgIpc) is 2.53. The van der Waals surface area contributed by atoms with Crippen molar-refractivity contribution in [1.82, 2.24) is 0 Å². The van der Waals surface area contributed by atoms with Crippen LogP contribution in [-0.4, -0.2) is 26.0 Å². The van der Waals surface area contributed by atoms with Gasteiger partial charge in [-0.2, -0.15) is 0 Å². The van der Waals surface area contributed by atoms with Gasteiger partial charge in [0.1, 0.15) is 11.5 Å². The fourth-order valence-corrected chi connectivity index (χ4v) is 2.74. The van der Waals surface area contributed by atoms with Crippen LogP contribution in [0.2, 0.25) is 0 Å². The van der Waals surface area contributed by atoms with E-state index in [4.69, 9.17) is 9.47 Å². The Morgan fingerprint density at radius 3 is 2.39 bits per heavy atom. The van der Waals surface area contributed by atoms with Crippen molar-refractivity contribution in [2.45, 2.75) is 20.0 Å². The summed E-state index contributed by atoms with van der Waals surface area (Å²) in [6, 6.07) is 11.6. The Balaban J connectivity index is 2.05. The van der Waals surface area contributed by atoms with E-state index in [9.17, 15) is 4.79 Å². The minimum Gasteiger partial charge on any atom is -0.495 e. The molecule has 0 amide bonds. The smallest absolute Gasteiger partial charge is 0.171 e. The molecule has 0 fully saturated rings. The van der Waals surface area contributed by atoms with Crippen LogP contribution in [0.15, 0.2) is 40.9 Å². The number of aldehydes is 1. The minimum absolute atomic E-state index is 0.351. The van der Waals surface area contributed by atoms with Gasteiger partial charge in [0, 0.05) is 0 Å². The van der Waals surface area contributed by atoms with Crippen molar-refractivity contribution in [3.63, 3.8) is 0 Å². The highest BCUT2D eigenvalue weighted by molar-refractivity contribution is 9.10. The number of anilines is 1. The fourth-order valence-electron chi connectivity index (χ4n) is 2.15. The van der Waals surface area contributed by atoms with E-state index in [1.807, 2.05) is 50.2 Å². The summed E-state index contributed by atoms with van der Waals surface area (Å²) < 4.78 is 11.9. The van der Waals surface area contributed by atoms with E-state index in [0.29, 0.717) is 12.3 Å². The first-order valence-electron chi connectivity index (χ1n) is 7.30. The molecule has 0 spiro atoms. The number of hydrogen-bond acceptors (Lipinski definition) is 4. The third kappa shape index (κ3) is 4.73. The topological polar surface area (TPSA) is 47.6 Å². The monoisotopic (exact) mass is 377 g/mol. The summed E-state index contributed by atoms with van der Waals surface area (Å²) in [6.45, 7) is 4.35. The Morgan fingerprint density at radius 1 is 1.13 bits per heavy atom. The maximum atomic E-state index is 11.3. The zero-order valence-electron chi connectivity index (χ0n) is 13.4. The van der Waals surface area contributed by atoms with Crippen LogP contribution in [0.4, 0.5) is 5.69 Å². The second-order valence-corrected chi connectivity index (χ2v) is 6.17. The molecular formula is C18H20BrNO3. The van der Waals surface area contributed by atoms with E-state index in [1.165, 1.54) is 0 Å². The highest BCUT2D eigenvalue weighted by Crippen LogP contribution is 2.27. The van der Waals surface area contributed by atoms with Gasteiger partial charge in [-0.15, -0.1) is 0 Å². The zero-order valence-corrected chi connectivity index (χ0v) is 15.0. The lowest BCUT2D eigenvalue weighted by Crippen LogP contribution is -2.27. The first kappa shape index (κ1) is 17.3. The molecule has 1 atom stereocenters. The number of ether oxygens (including phenoxy) is 2. The predicted molar refractivity (Wildman–Crippen MR) is 95.6 cm³/mol. The van der Waals surface area contributed by atoms with Crippen LogP contribution in [0.3, 0.4) is 0 Å². The van der Waals surface area contributed by atoms with Crippen molar-refractivity contribution in [3.8, 4) is 11.5 Å². The Kier molecular flexibility index (Phi) is 6.04. The van der Waals surface area contributed by atoms with E-state index in [-0.39, 0.29) is 0 Å². The summed E-state index contributed by atoms with van der Waals surface area (Å²) in [5, 5.41) is 3.21. The quantitative estimate of drug-likeness (QED) is 0.736. The van der Waals surface area contributed by atoms with Gasteiger partial charge in [-0.1, -0.05) is 12.1 Å². The van der Waals surface area contributed by atoms with Crippen molar-refractivity contribution < 1.29 is 14.3 Å². The van der Waals surface area contributed by atoms with Gasteiger partial charge in [0.05, 0.1) is 23.8 Å². The lowest BCUT2D eigenvalue weighted by molar-refractivity contribution is -0.113. The molecule has 5 heteroatoms. The molecule has 0 aliphatic heterocycles. The maximum Gasteiger partial charge on any atom is 0.171 e. The van der Waals surface area contributed by atoms with Crippen molar-refractivity contribution >= 4 is 27.9 Å². The molecule has 0 heterocycles. The number of carbonyl (C=O) groups excluding carboxylic acids is 1. The lowest BCUT2D eigenvalue weighted by atomic mass is 10.2. The largest absolute Gasteiger partial charge is 0.495 e. The van der Waals surface area contributed by atoms with E-state index in [0.717, 1.165) is 33.3 Å². The maximum absolute atomic E-state index is 11.3. The Hall–Kier alpha value is -2.01. The lowest BCUT2D eigenvalue weighted by Gasteiger charge is -2.18. The normalized spacial score (nSPS) is 11.7. The molecule has 0 aliphatic rings. The summed E-state index contributed by atoms with van der Waals surface area (Å²) in [5.41, 5.74) is 3.07. The van der Waals surface area contributed by atoms with Crippen LogP contribution < -0.4 is 14.8 Å². The fraction of sp³-hybridized carbons (Fsp3) is 0.278. The van der Waals surface area contributed by atoms with Crippen molar-refractivity contribution in [3.05, 3.63) is 52.0 Å². The number of aryl methyl sites for hydroxylation is 2. The number of methoxy groups -OCH3 is 1. The van der Waals surface area contributed by atoms with Crippen molar-refractivity contribution in [2.24, 2.45) is 0 Å². The summed E-state index contributed by atoms with van der Waals surface area (Å²) in [6.07, 6.45) is 0.195. The number of halogens is 1. The Labute approximate surface area is 144 Å². The van der Waals surface area contributed by atoms with Crippen LogP contribution in [0.5, 0.6) is 11.5 Å². The third-order valence-electron chi connectivity index (χ3n) is 3.37. The highest BCUT2D eigenvalue weighted by Gasteiger charge is 2.13. The summed E-state index contributed by atoms with van der Waals surface area (Å²) >= 11 is 3.45. The number of carbonyl (C=O) groups is 1. The highest BCUT2D eigenvalue weighted by atomic mass is 79.9. The van der Waals surface area contributed by atoms with Crippen molar-refractivity contribution in [1.29, 1.82) is 0 Å². The molecule has 1 N–H and O–H groups in total. The Bertz CT molecular complexity index is 688. The SMILES string of the molecule is COc1ccc(C)cc1NCC(C=O)Oc1ccc(C)cc1Br. The second-order valence-electron chi connectivity index (χ2n) is 5.31. The van der Waals surface area contributed by atoms with Gasteiger partial charge in [0.15, 0.2) is 12.4 Å². The first-order valence-corrected chi connectivity index (χ1v) is 8.09. The van der Waals surface area contributed by atoms with E-state index in [2.05, 4.69) is 21.2 Å². The number of nitrogens with one attached hydrogen (secondary N) is 1. The van der Waals surface area contributed by atoms with E-state index in [1.54, 1.807) is 7.11 Å². The molecule has 0 radical (unpaired) electrons. The molecule has 1 unspecified atom stereocenters. The minimum atomic E-state index is -0.598. The molecule has 2 rings (SSSR count). The van der Waals surface area contributed by atoms with Crippen LogP contribution >= 0.6 is 15.9 Å². The van der Waals surface area contributed by atoms with Gasteiger partial charge in [-0.3, -0.25) is 4.79 Å². The molecule has 0 saturated heterocycles. The first-order chi connectivity index (χ1) is 11.0. The summed E-state index contributed by atoms with van der Waals surface area (Å²) in [5.74, 6) is 1.38. The molecule has 0 aromatic heterocycles. The summed E-state index contributed by atoms with van der Waals surface area (Å²) in [4.78, 5) is 11.3. The van der Waals surface area contributed by atoms with Crippen molar-refractivity contribution in [2.75, 3.05) is 19.0 Å². The molecule has 0 aliphatic carbocycles. The standard InChI is InChI=1S/C18H20BrNO3/c1-12-4-6-17(15(19)8-12)23-14(11-21)10-20-16-9-13(2)5-7-18(16)22-3/h4-9,11,14,20H,10H2,1-3H3. The molecule has 4 nitrogen and oxygen atoms in total. The summed E-state index contributed by atoms with van der Waals surface area (Å²) in [7, 11) is 1.62. The molecule has 2 aromatic rings. The van der Waals surface area contributed by atoms with Crippen LogP contribution in [0.1, 0.15) is 11.1 Å². The van der Waals surface area contributed by atoms with Crippen LogP contribution in [-0.2, 0) is 4.79 Å². The molecule has 0 saturated carbocycles. The molecule has 122 valence electrons. The predicted octanol–water partition coefficient (Wildman–Crippen LogP) is 4.13. The van der Waals surface area contributed by atoms with E-state index < -0.39 is 6.10 Å². The van der Waals surface area contributed by atoms with Crippen LogP contribution in [0, 0.1) is 13.8 Å². The van der Waals surface area contributed by atoms with Gasteiger partial charge in [-0.25, -0.2) is 0 Å². The van der Waals surface area contributed by atoms with Gasteiger partial charge in [-0.05, 0) is 65.2 Å². The third-order valence-corrected chi connectivity index (χ3v) is 3.99. The molecule has 0 bridgehead atoms. The van der Waals surface area contributed by atoms with Gasteiger partial charge in [0.2, 0.25) is 0 Å². The Morgan fingerprint density at radius 2 is 1.78 bits per heavy atom. The molecule has 2 aromatic carbocycles. The second kappa shape index (κ2) is 8.02. The molecule has 23 heavy (non-hydrogen) atoms. The van der Waals surface area contributed by atoms with Gasteiger partial charge < -0.3 is 14.8 Å². The van der Waals surface area contributed by atoms with E-state index >= 15 is 0 Å². The zero-order chi connectivity index (χ0) is 16.8. The number of hydrogen-bond donors (Lipinski definition) is 1. The molecular weight excluding hydrogens is 358 g/mol. The average molecular weight is 378 g/mol.